The van der Waals surface area contributed by atoms with Crippen LogP contribution in [0, 0.1) is 0 Å². The molecule has 0 spiro atoms. The average molecular weight is 281 g/mol. The number of hydrogen-bond acceptors (Lipinski definition) is 4. The van der Waals surface area contributed by atoms with E-state index in [1.807, 2.05) is 30.3 Å². The van der Waals surface area contributed by atoms with Gasteiger partial charge in [0.2, 0.25) is 0 Å². The number of nitrogens with two attached hydrogens (primary N) is 2. The van der Waals surface area contributed by atoms with Gasteiger partial charge in [-0.25, -0.2) is 5.84 Å². The van der Waals surface area contributed by atoms with Crippen LogP contribution >= 0.6 is 7.95 Å². The standard InChI is InChI=1S/C12H18N4O2P/c13-12(7-4-8-16(14)11(12)17)19(18)15-9-10-5-2-1-3-6-10/h1-3,5-6H,4,7-9,13-14H2,(H,15,18)/q+1/t12-/m0/s1. The predicted molar refractivity (Wildman–Crippen MR) is 72.9 cm³/mol. The highest BCUT2D eigenvalue weighted by molar-refractivity contribution is 7.45. The number of nitrogens with one attached hydrogen (secondary N) is 1. The quantitative estimate of drug-likeness (QED) is 0.428. The molecule has 2 rings (SSSR count). The van der Waals surface area contributed by atoms with Crippen molar-refractivity contribution < 1.29 is 9.36 Å². The summed E-state index contributed by atoms with van der Waals surface area (Å²) in [6.45, 7) is 0.868. The second kappa shape index (κ2) is 5.75. The maximum absolute atomic E-state index is 12.3. The van der Waals surface area contributed by atoms with Crippen molar-refractivity contribution in [1.29, 1.82) is 0 Å². The fourth-order valence-electron chi connectivity index (χ4n) is 2.06. The van der Waals surface area contributed by atoms with Gasteiger partial charge in [-0.2, -0.15) is 0 Å². The Morgan fingerprint density at radius 3 is 2.74 bits per heavy atom. The lowest BCUT2D eigenvalue weighted by Gasteiger charge is -2.29. The van der Waals surface area contributed by atoms with Gasteiger partial charge in [-0.05, 0) is 16.5 Å². The first kappa shape index (κ1) is 14.1. The molecule has 102 valence electrons. The van der Waals surface area contributed by atoms with E-state index < -0.39 is 19.1 Å². The lowest BCUT2D eigenvalue weighted by atomic mass is 10.1. The summed E-state index contributed by atoms with van der Waals surface area (Å²) in [5.74, 6) is 5.09. The van der Waals surface area contributed by atoms with Gasteiger partial charge >= 0.3 is 19.1 Å². The fourth-order valence-corrected chi connectivity index (χ4v) is 3.34. The Kier molecular flexibility index (Phi) is 4.27. The van der Waals surface area contributed by atoms with Gasteiger partial charge < -0.3 is 0 Å². The maximum Gasteiger partial charge on any atom is 0.464 e. The highest BCUT2D eigenvalue weighted by atomic mass is 31.1. The summed E-state index contributed by atoms with van der Waals surface area (Å²) in [5, 5.41) is 2.51. The van der Waals surface area contributed by atoms with Gasteiger partial charge in [0.25, 0.3) is 0 Å². The van der Waals surface area contributed by atoms with Crippen LogP contribution in [0.2, 0.25) is 0 Å². The summed E-state index contributed by atoms with van der Waals surface area (Å²) in [4.78, 5) is 12.0. The minimum absolute atomic E-state index is 0.385. The minimum atomic E-state index is -2.06. The van der Waals surface area contributed by atoms with Crippen molar-refractivity contribution in [1.82, 2.24) is 10.1 Å². The molecule has 0 radical (unpaired) electrons. The first-order valence-electron chi connectivity index (χ1n) is 6.14. The van der Waals surface area contributed by atoms with Crippen LogP contribution in [0.1, 0.15) is 18.4 Å². The van der Waals surface area contributed by atoms with E-state index in [4.69, 9.17) is 11.6 Å². The lowest BCUT2D eigenvalue weighted by Crippen LogP contribution is -2.59. The minimum Gasteiger partial charge on any atom is -0.275 e. The molecule has 5 N–H and O–H groups in total. The van der Waals surface area contributed by atoms with Crippen molar-refractivity contribution in [2.24, 2.45) is 11.6 Å². The van der Waals surface area contributed by atoms with Crippen molar-refractivity contribution in [2.75, 3.05) is 6.54 Å². The second-order valence-electron chi connectivity index (χ2n) is 4.64. The van der Waals surface area contributed by atoms with Crippen LogP contribution in [-0.4, -0.2) is 22.7 Å². The number of rotatable bonds is 4. The third-order valence-electron chi connectivity index (χ3n) is 3.22. The Labute approximate surface area is 112 Å². The molecular formula is C12H18N4O2P+. The number of carbonyl (C=O) groups excluding carboxylic acids is 1. The monoisotopic (exact) mass is 281 g/mol. The Bertz CT molecular complexity index is 482. The number of carbonyl (C=O) groups is 1. The van der Waals surface area contributed by atoms with E-state index >= 15 is 0 Å². The zero-order valence-corrected chi connectivity index (χ0v) is 11.5. The predicted octanol–water partition coefficient (Wildman–Crippen LogP) is 0.670. The molecule has 1 saturated heterocycles. The zero-order valence-electron chi connectivity index (χ0n) is 10.6. The van der Waals surface area contributed by atoms with Gasteiger partial charge in [0.15, 0.2) is 0 Å². The van der Waals surface area contributed by atoms with Crippen molar-refractivity contribution in [3.05, 3.63) is 35.9 Å². The molecule has 0 aliphatic carbocycles. The zero-order chi connectivity index (χ0) is 13.9. The Balaban J connectivity index is 2.01. The van der Waals surface area contributed by atoms with Crippen LogP contribution in [0.4, 0.5) is 0 Å². The molecule has 1 aromatic rings. The van der Waals surface area contributed by atoms with Crippen molar-refractivity contribution in [3.63, 3.8) is 0 Å². The van der Waals surface area contributed by atoms with Gasteiger partial charge in [0.05, 0.1) is 6.54 Å². The SMILES string of the molecule is NN1CCC[C@](N)([P+](=O)NCc2ccccc2)C1=O. The first-order chi connectivity index (χ1) is 9.04. The van der Waals surface area contributed by atoms with E-state index in [0.717, 1.165) is 10.6 Å². The number of benzene rings is 1. The van der Waals surface area contributed by atoms with E-state index in [9.17, 15) is 9.36 Å². The van der Waals surface area contributed by atoms with Crippen LogP contribution in [0.3, 0.4) is 0 Å². The molecule has 19 heavy (non-hydrogen) atoms. The third-order valence-corrected chi connectivity index (χ3v) is 4.81. The van der Waals surface area contributed by atoms with E-state index in [0.29, 0.717) is 25.9 Å². The largest absolute Gasteiger partial charge is 0.464 e. The fraction of sp³-hybridized carbons (Fsp3) is 0.417. The molecular weight excluding hydrogens is 263 g/mol. The van der Waals surface area contributed by atoms with Crippen LogP contribution < -0.4 is 16.7 Å². The molecule has 1 amide bonds. The van der Waals surface area contributed by atoms with Crippen LogP contribution in [-0.2, 0) is 15.9 Å². The molecule has 7 heteroatoms. The summed E-state index contributed by atoms with van der Waals surface area (Å²) in [6.07, 6.45) is 1.04. The maximum atomic E-state index is 12.3. The van der Waals surface area contributed by atoms with Crippen molar-refractivity contribution in [3.8, 4) is 0 Å². The topological polar surface area (TPSA) is 101 Å². The van der Waals surface area contributed by atoms with Gasteiger partial charge in [-0.15, -0.1) is 5.09 Å². The van der Waals surface area contributed by atoms with E-state index in [2.05, 4.69) is 5.09 Å². The molecule has 6 nitrogen and oxygen atoms in total. The molecule has 2 atom stereocenters. The Morgan fingerprint density at radius 2 is 2.05 bits per heavy atom. The number of hydrazine groups is 1. The lowest BCUT2D eigenvalue weighted by molar-refractivity contribution is -0.136. The van der Waals surface area contributed by atoms with Gasteiger partial charge in [0, 0.05) is 13.0 Å². The second-order valence-corrected chi connectivity index (χ2v) is 6.34. The highest BCUT2D eigenvalue weighted by Gasteiger charge is 2.56. The van der Waals surface area contributed by atoms with Gasteiger partial charge in [0.1, 0.15) is 0 Å². The van der Waals surface area contributed by atoms with Gasteiger partial charge in [-0.3, -0.25) is 15.5 Å². The summed E-state index contributed by atoms with van der Waals surface area (Å²) in [5.41, 5.74) is 6.97. The molecule has 1 aromatic carbocycles. The highest BCUT2D eigenvalue weighted by Crippen LogP contribution is 2.38. The Morgan fingerprint density at radius 1 is 1.37 bits per heavy atom. The summed E-state index contributed by atoms with van der Waals surface area (Å²) < 4.78 is 12.3. The molecule has 0 bridgehead atoms. The molecule has 1 heterocycles. The van der Waals surface area contributed by atoms with Crippen LogP contribution in [0.5, 0.6) is 0 Å². The smallest absolute Gasteiger partial charge is 0.275 e. The molecule has 1 aliphatic rings. The third kappa shape index (κ3) is 2.98. The summed E-state index contributed by atoms with van der Waals surface area (Å²) in [6, 6.07) is 9.53. The van der Waals surface area contributed by atoms with Gasteiger partial charge in [-0.1, -0.05) is 30.3 Å². The number of piperidine rings is 1. The first-order valence-corrected chi connectivity index (χ1v) is 7.40. The van der Waals surface area contributed by atoms with E-state index in [1.54, 1.807) is 0 Å². The van der Waals surface area contributed by atoms with E-state index in [-0.39, 0.29) is 0 Å². The van der Waals surface area contributed by atoms with Crippen LogP contribution in [0.15, 0.2) is 30.3 Å². The molecule has 0 aromatic heterocycles. The Hall–Kier alpha value is -1.33. The van der Waals surface area contributed by atoms with Crippen molar-refractivity contribution >= 4 is 13.9 Å². The number of nitrogens with zero attached hydrogens (tertiary/aromatic N) is 1. The molecule has 1 unspecified atom stereocenters. The van der Waals surface area contributed by atoms with Crippen LogP contribution in [0.25, 0.3) is 0 Å². The molecule has 0 saturated carbocycles. The molecule has 1 aliphatic heterocycles. The summed E-state index contributed by atoms with van der Waals surface area (Å²) in [7, 11) is -2.06. The number of hydrogen-bond donors (Lipinski definition) is 3. The average Bonchev–Trinajstić information content (AvgIpc) is 2.43. The molecule has 1 fully saturated rings. The van der Waals surface area contributed by atoms with Crippen molar-refractivity contribution in [2.45, 2.75) is 24.7 Å². The van der Waals surface area contributed by atoms with E-state index in [1.165, 1.54) is 0 Å². The summed E-state index contributed by atoms with van der Waals surface area (Å²) >= 11 is 0. The number of amides is 1. The normalized spacial score (nSPS) is 24.4.